The second kappa shape index (κ2) is 5.91. The van der Waals surface area contributed by atoms with Gasteiger partial charge in [-0.05, 0) is 31.0 Å². The minimum absolute atomic E-state index is 0.0340. The van der Waals surface area contributed by atoms with Crippen LogP contribution in [0, 0.1) is 0 Å². The van der Waals surface area contributed by atoms with E-state index in [0.29, 0.717) is 26.1 Å². The molecule has 1 aromatic rings. The van der Waals surface area contributed by atoms with Gasteiger partial charge in [0.05, 0.1) is 12.1 Å². The molecular formula is C15H20N2O4. The van der Waals surface area contributed by atoms with E-state index < -0.39 is 6.10 Å². The molecule has 0 unspecified atom stereocenters. The maximum absolute atomic E-state index is 12.5. The molecule has 0 spiro atoms. The first-order valence-electron chi connectivity index (χ1n) is 7.26. The Labute approximate surface area is 123 Å². The van der Waals surface area contributed by atoms with Gasteiger partial charge in [0, 0.05) is 19.6 Å². The van der Waals surface area contributed by atoms with Crippen LogP contribution >= 0.6 is 0 Å². The third-order valence-electron chi connectivity index (χ3n) is 3.91. The van der Waals surface area contributed by atoms with Crippen molar-refractivity contribution in [1.82, 2.24) is 10.2 Å². The van der Waals surface area contributed by atoms with Gasteiger partial charge in [-0.2, -0.15) is 0 Å². The van der Waals surface area contributed by atoms with E-state index >= 15 is 0 Å². The largest absolute Gasteiger partial charge is 0.454 e. The number of likely N-dealkylation sites (N-methyl/N-ethyl adjacent to an activating group) is 1. The minimum Gasteiger partial charge on any atom is -0.454 e. The van der Waals surface area contributed by atoms with Crippen molar-refractivity contribution in [3.63, 3.8) is 0 Å². The molecule has 0 radical (unpaired) electrons. The molecule has 21 heavy (non-hydrogen) atoms. The van der Waals surface area contributed by atoms with Gasteiger partial charge in [0.1, 0.15) is 0 Å². The number of aliphatic hydroxyl groups excluding tert-OH is 1. The van der Waals surface area contributed by atoms with Crippen LogP contribution in [0.2, 0.25) is 0 Å². The van der Waals surface area contributed by atoms with Crippen molar-refractivity contribution in [3.05, 3.63) is 23.8 Å². The van der Waals surface area contributed by atoms with E-state index in [-0.39, 0.29) is 18.7 Å². The summed E-state index contributed by atoms with van der Waals surface area (Å²) in [6.07, 6.45) is 0.0550. The lowest BCUT2D eigenvalue weighted by molar-refractivity contribution is -0.133. The Hall–Kier alpha value is -1.79. The van der Waals surface area contributed by atoms with Crippen LogP contribution < -0.4 is 14.8 Å². The Morgan fingerprint density at radius 3 is 2.95 bits per heavy atom. The fourth-order valence-corrected chi connectivity index (χ4v) is 2.73. The predicted molar refractivity (Wildman–Crippen MR) is 76.1 cm³/mol. The number of hydrogen-bond acceptors (Lipinski definition) is 5. The van der Waals surface area contributed by atoms with Gasteiger partial charge >= 0.3 is 0 Å². The second-order valence-corrected chi connectivity index (χ2v) is 5.39. The highest BCUT2D eigenvalue weighted by Crippen LogP contribution is 2.32. The van der Waals surface area contributed by atoms with E-state index in [2.05, 4.69) is 5.32 Å². The summed E-state index contributed by atoms with van der Waals surface area (Å²) in [5.41, 5.74) is 1.01. The number of β-amino-alcohol motifs (C(OH)–C–C–N with tert-alkyl or cyclic N) is 1. The van der Waals surface area contributed by atoms with Gasteiger partial charge in [-0.15, -0.1) is 0 Å². The summed E-state index contributed by atoms with van der Waals surface area (Å²) in [5.74, 6) is 1.51. The normalized spacial score (nSPS) is 23.3. The van der Waals surface area contributed by atoms with Gasteiger partial charge in [0.2, 0.25) is 12.7 Å². The number of nitrogens with zero attached hydrogens (tertiary/aromatic N) is 1. The van der Waals surface area contributed by atoms with Gasteiger partial charge in [-0.3, -0.25) is 4.79 Å². The smallest absolute Gasteiger partial charge is 0.240 e. The molecule has 2 aliphatic heterocycles. The summed E-state index contributed by atoms with van der Waals surface area (Å²) in [6, 6.07) is 5.44. The van der Waals surface area contributed by atoms with Crippen LogP contribution in [-0.4, -0.2) is 47.9 Å². The van der Waals surface area contributed by atoms with Crippen LogP contribution in [0.4, 0.5) is 0 Å². The molecule has 2 aliphatic rings. The zero-order valence-corrected chi connectivity index (χ0v) is 12.0. The Morgan fingerprint density at radius 2 is 2.24 bits per heavy atom. The Balaban J connectivity index is 1.68. The van der Waals surface area contributed by atoms with Crippen LogP contribution in [-0.2, 0) is 11.3 Å². The highest BCUT2D eigenvalue weighted by Gasteiger charge is 2.31. The summed E-state index contributed by atoms with van der Waals surface area (Å²) >= 11 is 0. The van der Waals surface area contributed by atoms with Crippen molar-refractivity contribution in [2.24, 2.45) is 0 Å². The predicted octanol–water partition coefficient (Wildman–Crippen LogP) is 0.487. The molecule has 1 aromatic carbocycles. The van der Waals surface area contributed by atoms with Gasteiger partial charge in [0.15, 0.2) is 11.5 Å². The molecule has 6 heteroatoms. The number of benzene rings is 1. The zero-order chi connectivity index (χ0) is 14.8. The standard InChI is InChI=1S/C15H20N2O4/c1-2-17(15(19)12-6-11(18)7-16-12)8-10-3-4-13-14(5-10)21-9-20-13/h3-5,11-12,16,18H,2,6-9H2,1H3/t11-,12-/m1/s1. The molecule has 1 amide bonds. The number of rotatable bonds is 4. The van der Waals surface area contributed by atoms with E-state index in [1.807, 2.05) is 25.1 Å². The fourth-order valence-electron chi connectivity index (χ4n) is 2.73. The molecular weight excluding hydrogens is 272 g/mol. The Bertz CT molecular complexity index is 534. The number of fused-ring (bicyclic) bond motifs is 1. The van der Waals surface area contributed by atoms with Crippen LogP contribution in [0.3, 0.4) is 0 Å². The first-order valence-corrected chi connectivity index (χ1v) is 7.26. The Kier molecular flexibility index (Phi) is 3.98. The number of amides is 1. The van der Waals surface area contributed by atoms with E-state index in [1.165, 1.54) is 0 Å². The molecule has 2 heterocycles. The maximum Gasteiger partial charge on any atom is 0.240 e. The summed E-state index contributed by atoms with van der Waals surface area (Å²) in [7, 11) is 0. The van der Waals surface area contributed by atoms with Crippen molar-refractivity contribution in [2.75, 3.05) is 19.9 Å². The number of carbonyl (C=O) groups is 1. The molecule has 0 saturated carbocycles. The van der Waals surface area contributed by atoms with Crippen molar-refractivity contribution >= 4 is 5.91 Å². The number of nitrogens with one attached hydrogen (secondary N) is 1. The summed E-state index contributed by atoms with van der Waals surface area (Å²) in [6.45, 7) is 3.84. The monoisotopic (exact) mass is 292 g/mol. The van der Waals surface area contributed by atoms with Crippen LogP contribution in [0.1, 0.15) is 18.9 Å². The number of ether oxygens (including phenoxy) is 2. The molecule has 2 atom stereocenters. The third kappa shape index (κ3) is 2.96. The van der Waals surface area contributed by atoms with Crippen LogP contribution in [0.15, 0.2) is 18.2 Å². The molecule has 0 aromatic heterocycles. The SMILES string of the molecule is CCN(Cc1ccc2c(c1)OCO2)C(=O)[C@H]1C[C@@H](O)CN1. The molecule has 1 fully saturated rings. The van der Waals surface area contributed by atoms with Crippen LogP contribution in [0.25, 0.3) is 0 Å². The van der Waals surface area contributed by atoms with Crippen molar-refractivity contribution in [1.29, 1.82) is 0 Å². The summed E-state index contributed by atoms with van der Waals surface area (Å²) in [5, 5.41) is 12.6. The first kappa shape index (κ1) is 14.2. The minimum atomic E-state index is -0.428. The van der Waals surface area contributed by atoms with Crippen molar-refractivity contribution in [2.45, 2.75) is 32.0 Å². The number of hydrogen-bond donors (Lipinski definition) is 2. The average Bonchev–Trinajstić information content (AvgIpc) is 3.12. The number of aliphatic hydroxyl groups is 1. The van der Waals surface area contributed by atoms with E-state index in [4.69, 9.17) is 9.47 Å². The lowest BCUT2D eigenvalue weighted by Crippen LogP contribution is -2.43. The highest BCUT2D eigenvalue weighted by atomic mass is 16.7. The quantitative estimate of drug-likeness (QED) is 0.845. The molecule has 6 nitrogen and oxygen atoms in total. The lowest BCUT2D eigenvalue weighted by atomic mass is 10.1. The first-order chi connectivity index (χ1) is 10.2. The average molecular weight is 292 g/mol. The van der Waals surface area contributed by atoms with E-state index in [1.54, 1.807) is 4.90 Å². The van der Waals surface area contributed by atoms with Gasteiger partial charge in [-0.1, -0.05) is 6.07 Å². The van der Waals surface area contributed by atoms with Crippen molar-refractivity contribution in [3.8, 4) is 11.5 Å². The number of carbonyl (C=O) groups excluding carboxylic acids is 1. The molecule has 1 saturated heterocycles. The zero-order valence-electron chi connectivity index (χ0n) is 12.0. The van der Waals surface area contributed by atoms with Crippen LogP contribution in [0.5, 0.6) is 11.5 Å². The highest BCUT2D eigenvalue weighted by molar-refractivity contribution is 5.82. The lowest BCUT2D eigenvalue weighted by Gasteiger charge is -2.24. The van der Waals surface area contributed by atoms with E-state index in [0.717, 1.165) is 17.1 Å². The van der Waals surface area contributed by atoms with Gasteiger partial charge in [0.25, 0.3) is 0 Å². The third-order valence-corrected chi connectivity index (χ3v) is 3.91. The fraction of sp³-hybridized carbons (Fsp3) is 0.533. The van der Waals surface area contributed by atoms with Crippen molar-refractivity contribution < 1.29 is 19.4 Å². The molecule has 114 valence electrons. The summed E-state index contributed by atoms with van der Waals surface area (Å²) < 4.78 is 10.6. The molecule has 0 bridgehead atoms. The topological polar surface area (TPSA) is 71.0 Å². The Morgan fingerprint density at radius 1 is 1.43 bits per heavy atom. The van der Waals surface area contributed by atoms with Gasteiger partial charge in [-0.25, -0.2) is 0 Å². The molecule has 3 rings (SSSR count). The summed E-state index contributed by atoms with van der Waals surface area (Å²) in [4.78, 5) is 14.2. The van der Waals surface area contributed by atoms with Gasteiger partial charge < -0.3 is 24.8 Å². The molecule has 0 aliphatic carbocycles. The maximum atomic E-state index is 12.5. The molecule has 2 N–H and O–H groups in total. The second-order valence-electron chi connectivity index (χ2n) is 5.39. The van der Waals surface area contributed by atoms with E-state index in [9.17, 15) is 9.90 Å².